The molecule has 0 atom stereocenters. The molecule has 0 unspecified atom stereocenters. The van der Waals surface area contributed by atoms with Crippen molar-refractivity contribution < 1.29 is 128 Å². The Bertz CT molecular complexity index is 146. The number of rotatable bonds is 0. The average Bonchev–Trinajstić information content (AvgIpc) is 1.49. The van der Waals surface area contributed by atoms with Gasteiger partial charge in [-0.2, -0.15) is 0 Å². The molecule has 1 aliphatic heterocycles. The van der Waals surface area contributed by atoms with Gasteiger partial charge in [0.15, 0.2) is 0 Å². The summed E-state index contributed by atoms with van der Waals surface area (Å²) in [7, 11) is -2.39. The summed E-state index contributed by atoms with van der Waals surface area (Å²) in [6, 6.07) is 0. The van der Waals surface area contributed by atoms with Gasteiger partial charge in [0.2, 0.25) is 0 Å². The second-order valence-corrected chi connectivity index (χ2v) is 1.96. The van der Waals surface area contributed by atoms with Gasteiger partial charge in [-0.3, -0.25) is 0 Å². The van der Waals surface area contributed by atoms with Gasteiger partial charge in [-0.25, -0.2) is 0 Å². The summed E-state index contributed by atoms with van der Waals surface area (Å²) >= 11 is 0. The van der Waals surface area contributed by atoms with Crippen LogP contribution in [0.15, 0.2) is 0 Å². The fraction of sp³-hybridized carbons (Fsp3) is 0. The molecular formula is H4B3Na3O8. The van der Waals surface area contributed by atoms with Crippen LogP contribution in [0.4, 0.5) is 0 Å². The van der Waals surface area contributed by atoms with E-state index in [2.05, 4.69) is 13.7 Å². The first kappa shape index (κ1) is 22.1. The Balaban J connectivity index is -0.000000403. The topological polar surface area (TPSA) is 132 Å². The van der Waals surface area contributed by atoms with Gasteiger partial charge in [-0.1, -0.05) is 0 Å². The van der Waals surface area contributed by atoms with Crippen LogP contribution in [0.5, 0.6) is 0 Å². The fourth-order valence-electron chi connectivity index (χ4n) is 0.617. The van der Waals surface area contributed by atoms with E-state index in [-0.39, 0.29) is 88.7 Å². The van der Waals surface area contributed by atoms with Gasteiger partial charge in [0.25, 0.3) is 7.32 Å². The molecule has 1 aliphatic rings. The summed E-state index contributed by atoms with van der Waals surface area (Å²) in [4.78, 5) is 0. The first-order chi connectivity index (χ1) is 4.81. The maximum Gasteiger partial charge on any atom is 1.00 e. The summed E-state index contributed by atoms with van der Waals surface area (Å²) in [5, 5.41) is 44.1. The third-order valence-corrected chi connectivity index (χ3v) is 0.931. The summed E-state index contributed by atoms with van der Waals surface area (Å²) in [6.45, 7) is -7.89. The number of hydrogen-bond acceptors (Lipinski definition) is 8. The van der Waals surface area contributed by atoms with Crippen LogP contribution in [0.25, 0.3) is 0 Å². The van der Waals surface area contributed by atoms with Crippen molar-refractivity contribution in [3.05, 3.63) is 0 Å². The average molecular weight is 233 g/mol. The molecule has 0 aliphatic carbocycles. The normalized spacial score (nSPS) is 22.5. The minimum atomic E-state index is -3.94. The molecule has 14 heavy (non-hydrogen) atoms. The van der Waals surface area contributed by atoms with Crippen molar-refractivity contribution in [2.24, 2.45) is 0 Å². The molecule has 64 valence electrons. The zero-order chi connectivity index (χ0) is 8.70. The Morgan fingerprint density at radius 2 is 1.14 bits per heavy atom. The van der Waals surface area contributed by atoms with E-state index in [9.17, 15) is 5.02 Å². The standard InChI is InChI=1S/B3H4O8.3Na/c4-1-9-2(5,6)11-3(7,8)10-1;;;/h5-8H;;;/q-3;3*+1. The molecule has 1 saturated heterocycles. The van der Waals surface area contributed by atoms with Crippen molar-refractivity contribution in [3.8, 4) is 0 Å². The predicted molar refractivity (Wildman–Crippen MR) is 29.4 cm³/mol. The van der Waals surface area contributed by atoms with Gasteiger partial charge in [-0.15, -0.1) is 0 Å². The quantitative estimate of drug-likeness (QED) is 0.303. The summed E-state index contributed by atoms with van der Waals surface area (Å²) in [5.41, 5.74) is 0. The van der Waals surface area contributed by atoms with Gasteiger partial charge < -0.3 is 38.8 Å². The molecule has 0 radical (unpaired) electrons. The smallest absolute Gasteiger partial charge is 0.836 e. The molecule has 0 spiro atoms. The Morgan fingerprint density at radius 1 is 0.857 bits per heavy atom. The van der Waals surface area contributed by atoms with Gasteiger partial charge in [-0.05, 0) is 0 Å². The van der Waals surface area contributed by atoms with Crippen LogP contribution in [0.2, 0.25) is 0 Å². The molecule has 0 aromatic carbocycles. The fourth-order valence-corrected chi connectivity index (χ4v) is 0.617. The maximum atomic E-state index is 10.2. The summed E-state index contributed by atoms with van der Waals surface area (Å²) in [6.07, 6.45) is 0. The van der Waals surface area contributed by atoms with Crippen LogP contribution in [0.1, 0.15) is 0 Å². The van der Waals surface area contributed by atoms with E-state index in [0.717, 1.165) is 0 Å². The first-order valence-electron chi connectivity index (χ1n) is 2.68. The van der Waals surface area contributed by atoms with Gasteiger partial charge in [0.1, 0.15) is 0 Å². The van der Waals surface area contributed by atoms with Crippen LogP contribution in [0, 0.1) is 0 Å². The summed E-state index contributed by atoms with van der Waals surface area (Å²) in [5.74, 6) is 0. The van der Waals surface area contributed by atoms with Gasteiger partial charge in [0.05, 0.1) is 0 Å². The first-order valence-corrected chi connectivity index (χ1v) is 2.68. The van der Waals surface area contributed by atoms with Crippen LogP contribution in [-0.2, 0) is 13.7 Å². The third-order valence-electron chi connectivity index (χ3n) is 0.931. The summed E-state index contributed by atoms with van der Waals surface area (Å²) < 4.78 is 11.0. The van der Waals surface area contributed by atoms with Crippen molar-refractivity contribution in [1.82, 2.24) is 0 Å². The van der Waals surface area contributed by atoms with Crippen molar-refractivity contribution in [2.75, 3.05) is 0 Å². The van der Waals surface area contributed by atoms with E-state index in [0.29, 0.717) is 0 Å². The largest absolute Gasteiger partial charge is 1.00 e. The molecule has 1 fully saturated rings. The molecule has 1 heterocycles. The van der Waals surface area contributed by atoms with E-state index < -0.39 is 21.2 Å². The van der Waals surface area contributed by atoms with Gasteiger partial charge >= 0.3 is 103 Å². The monoisotopic (exact) mass is 234 g/mol. The number of hydrogen-bond donors (Lipinski definition) is 4. The van der Waals surface area contributed by atoms with Crippen molar-refractivity contribution in [3.63, 3.8) is 0 Å². The van der Waals surface area contributed by atoms with Gasteiger partial charge in [0, 0.05) is 0 Å². The van der Waals surface area contributed by atoms with E-state index in [4.69, 9.17) is 20.1 Å². The minimum Gasteiger partial charge on any atom is -0.836 e. The Morgan fingerprint density at radius 3 is 1.36 bits per heavy atom. The Labute approximate surface area is 146 Å². The third kappa shape index (κ3) is 8.04. The van der Waals surface area contributed by atoms with Crippen molar-refractivity contribution in [1.29, 1.82) is 0 Å². The minimum absolute atomic E-state index is 0. The molecule has 0 saturated carbocycles. The van der Waals surface area contributed by atoms with Crippen molar-refractivity contribution in [2.45, 2.75) is 0 Å². The SMILES string of the molecule is [Na+].[Na+].[Na+].[O-]B1O[B-](O)(O)O[B-](O)(O)O1. The van der Waals surface area contributed by atoms with Crippen molar-refractivity contribution >= 4 is 21.2 Å². The maximum absolute atomic E-state index is 10.2. The van der Waals surface area contributed by atoms with Crippen LogP contribution >= 0.6 is 0 Å². The van der Waals surface area contributed by atoms with E-state index in [1.165, 1.54) is 0 Å². The zero-order valence-electron chi connectivity index (χ0n) is 8.15. The molecule has 4 N–H and O–H groups in total. The molecular weight excluding hydrogens is 229 g/mol. The van der Waals surface area contributed by atoms with Crippen LogP contribution < -0.4 is 93.7 Å². The molecule has 0 aromatic rings. The second kappa shape index (κ2) is 8.06. The van der Waals surface area contributed by atoms with E-state index >= 15 is 0 Å². The van der Waals surface area contributed by atoms with Crippen LogP contribution in [0.3, 0.4) is 0 Å². The zero-order valence-corrected chi connectivity index (χ0v) is 14.2. The molecule has 14 heteroatoms. The Kier molecular flexibility index (Phi) is 12.7. The Hall–Kier alpha value is 2.87. The molecule has 0 amide bonds. The second-order valence-electron chi connectivity index (χ2n) is 1.96. The van der Waals surface area contributed by atoms with E-state index in [1.54, 1.807) is 0 Å². The van der Waals surface area contributed by atoms with Crippen LogP contribution in [-0.4, -0.2) is 41.3 Å². The molecule has 0 aromatic heterocycles. The van der Waals surface area contributed by atoms with E-state index in [1.807, 2.05) is 0 Å². The predicted octanol–water partition coefficient (Wildman–Crippen LogP) is -13.8. The molecule has 0 bridgehead atoms. The molecule has 1 rings (SSSR count). The molecule has 8 nitrogen and oxygen atoms in total.